The molecular weight excluding hydrogens is 347 g/mol. The molecule has 0 radical (unpaired) electrons. The molecule has 27 heavy (non-hydrogen) atoms. The smallest absolute Gasteiger partial charge is 0.218 e. The van der Waals surface area contributed by atoms with Crippen LogP contribution in [0.15, 0.2) is 35.3 Å². The molecule has 1 aliphatic rings. The monoisotopic (exact) mass is 370 g/mol. The van der Waals surface area contributed by atoms with Gasteiger partial charge in [0.15, 0.2) is 0 Å². The van der Waals surface area contributed by atoms with Gasteiger partial charge >= 0.3 is 0 Å². The van der Waals surface area contributed by atoms with Gasteiger partial charge in [-0.05, 0) is 35.2 Å². The summed E-state index contributed by atoms with van der Waals surface area (Å²) < 4.78 is 23.6. The van der Waals surface area contributed by atoms with Crippen LogP contribution in [0.25, 0.3) is 0 Å². The van der Waals surface area contributed by atoms with Crippen LogP contribution in [0.1, 0.15) is 47.3 Å². The molecule has 1 aromatic carbocycles. The molecule has 0 amide bonds. The fourth-order valence-corrected chi connectivity index (χ4v) is 3.36. The Hall–Kier alpha value is -2.60. The minimum Gasteiger partial charge on any atom is -0.481 e. The van der Waals surface area contributed by atoms with Crippen molar-refractivity contribution >= 4 is 11.7 Å². The lowest BCUT2D eigenvalue weighted by molar-refractivity contribution is -0.118. The van der Waals surface area contributed by atoms with Crippen molar-refractivity contribution in [3.05, 3.63) is 64.2 Å². The summed E-state index contributed by atoms with van der Waals surface area (Å²) in [5.41, 5.74) is 4.27. The van der Waals surface area contributed by atoms with Crippen LogP contribution in [0.4, 0.5) is 4.39 Å². The predicted octanol–water partition coefficient (Wildman–Crippen LogP) is 3.58. The first kappa shape index (κ1) is 19.2. The number of carbonyl (C=O) groups excluding carboxylic acids is 1. The van der Waals surface area contributed by atoms with Gasteiger partial charge in [-0.15, -0.1) is 0 Å². The molecule has 0 unspecified atom stereocenters. The van der Waals surface area contributed by atoms with Crippen molar-refractivity contribution in [2.24, 2.45) is 4.99 Å². The number of halogens is 1. The Labute approximate surface area is 158 Å². The van der Waals surface area contributed by atoms with Gasteiger partial charge in [0, 0.05) is 25.6 Å². The molecule has 2 aromatic rings. The van der Waals surface area contributed by atoms with Gasteiger partial charge in [0.05, 0.1) is 31.5 Å². The predicted molar refractivity (Wildman–Crippen MR) is 100 cm³/mol. The van der Waals surface area contributed by atoms with E-state index in [0.29, 0.717) is 31.2 Å². The topological polar surface area (TPSA) is 60.8 Å². The first-order valence-corrected chi connectivity index (χ1v) is 8.88. The number of carbonyl (C=O) groups is 1. The van der Waals surface area contributed by atoms with Crippen LogP contribution in [0.3, 0.4) is 0 Å². The van der Waals surface area contributed by atoms with Gasteiger partial charge in [-0.2, -0.15) is 0 Å². The van der Waals surface area contributed by atoms with E-state index in [1.54, 1.807) is 26.4 Å². The maximum atomic E-state index is 13.1. The molecule has 3 rings (SSSR count). The second-order valence-corrected chi connectivity index (χ2v) is 6.73. The first-order valence-electron chi connectivity index (χ1n) is 8.88. The number of aromatic nitrogens is 1. The van der Waals surface area contributed by atoms with E-state index in [-0.39, 0.29) is 23.9 Å². The van der Waals surface area contributed by atoms with Gasteiger partial charge in [0.2, 0.25) is 5.90 Å². The largest absolute Gasteiger partial charge is 0.481 e. The van der Waals surface area contributed by atoms with Gasteiger partial charge in [0.1, 0.15) is 11.6 Å². The number of hydrogen-bond acceptors (Lipinski definition) is 5. The van der Waals surface area contributed by atoms with Crippen molar-refractivity contribution in [3.8, 4) is 0 Å². The third-order valence-corrected chi connectivity index (χ3v) is 4.66. The number of ether oxygens (including phenoxy) is 2. The number of benzene rings is 1. The van der Waals surface area contributed by atoms with Crippen LogP contribution >= 0.6 is 0 Å². The Bertz CT molecular complexity index is 862. The molecule has 142 valence electrons. The second kappa shape index (κ2) is 8.39. The van der Waals surface area contributed by atoms with Crippen molar-refractivity contribution in [2.45, 2.75) is 38.8 Å². The highest BCUT2D eigenvalue weighted by Crippen LogP contribution is 2.25. The Kier molecular flexibility index (Phi) is 5.96. The highest BCUT2D eigenvalue weighted by Gasteiger charge is 2.23. The number of Topliss-reactive ketones (excluding diaryl/α,β-unsaturated/α-hetero) is 1. The van der Waals surface area contributed by atoms with Gasteiger partial charge in [-0.3, -0.25) is 9.78 Å². The van der Waals surface area contributed by atoms with Gasteiger partial charge in [-0.1, -0.05) is 19.1 Å². The number of hydrogen-bond donors (Lipinski definition) is 0. The van der Waals surface area contributed by atoms with Crippen molar-refractivity contribution in [3.63, 3.8) is 0 Å². The lowest BCUT2D eigenvalue weighted by Gasteiger charge is -2.13. The summed E-state index contributed by atoms with van der Waals surface area (Å²) in [5, 5.41) is 0. The number of pyridine rings is 1. The highest BCUT2D eigenvalue weighted by atomic mass is 19.1. The van der Waals surface area contributed by atoms with Gasteiger partial charge < -0.3 is 9.47 Å². The normalized spacial score (nSPS) is 13.9. The summed E-state index contributed by atoms with van der Waals surface area (Å²) in [7, 11) is 3.19. The molecule has 0 aliphatic carbocycles. The summed E-state index contributed by atoms with van der Waals surface area (Å²) >= 11 is 0. The fraction of sp³-hybridized carbons (Fsp3) is 0.381. The molecule has 0 bridgehead atoms. The molecule has 5 nitrogen and oxygen atoms in total. The lowest BCUT2D eigenvalue weighted by Crippen LogP contribution is -2.13. The molecule has 1 aromatic heterocycles. The van der Waals surface area contributed by atoms with E-state index in [4.69, 9.17) is 9.47 Å². The zero-order chi connectivity index (χ0) is 19.4. The Morgan fingerprint density at radius 3 is 2.67 bits per heavy atom. The van der Waals surface area contributed by atoms with Crippen molar-refractivity contribution in [2.75, 3.05) is 14.2 Å². The van der Waals surface area contributed by atoms with Crippen molar-refractivity contribution < 1.29 is 18.7 Å². The number of nitrogens with zero attached hydrogens (tertiary/aromatic N) is 2. The van der Waals surface area contributed by atoms with Crippen molar-refractivity contribution in [1.29, 1.82) is 0 Å². The summed E-state index contributed by atoms with van der Waals surface area (Å²) in [5.74, 6) is 0.401. The molecule has 2 heterocycles. The maximum absolute atomic E-state index is 13.1. The standard InChI is InChI=1S/C21H23FN2O3/c1-13(14-4-6-16(22)7-5-14)8-18(25)10-17-9-15-11-23-21(27-3)20(15)19(24-17)12-26-2/h4-7,9,13H,8,10-12H2,1-3H3/t13-/m0/s1. The Morgan fingerprint density at radius 1 is 1.26 bits per heavy atom. The molecule has 0 spiro atoms. The van der Waals surface area contributed by atoms with Crippen LogP contribution in [0.2, 0.25) is 0 Å². The van der Waals surface area contributed by atoms with Crippen molar-refractivity contribution in [1.82, 2.24) is 4.98 Å². The summed E-state index contributed by atoms with van der Waals surface area (Å²) in [4.78, 5) is 21.5. The number of aliphatic imine (C=N–C) groups is 1. The average Bonchev–Trinajstić information content (AvgIpc) is 3.05. The Balaban J connectivity index is 1.73. The fourth-order valence-electron chi connectivity index (χ4n) is 3.36. The Morgan fingerprint density at radius 2 is 2.00 bits per heavy atom. The molecule has 1 aliphatic heterocycles. The summed E-state index contributed by atoms with van der Waals surface area (Å²) in [6, 6.07) is 8.21. The minimum atomic E-state index is -0.275. The SMILES string of the molecule is COCc1nc(CC(=O)C[C@H](C)c2ccc(F)cc2)cc2c1C(OC)=NC2. The second-order valence-electron chi connectivity index (χ2n) is 6.73. The van der Waals surface area contributed by atoms with Gasteiger partial charge in [0.25, 0.3) is 0 Å². The molecule has 1 atom stereocenters. The van der Waals surface area contributed by atoms with Crippen LogP contribution < -0.4 is 0 Å². The quantitative estimate of drug-likeness (QED) is 0.747. The first-order chi connectivity index (χ1) is 13.0. The molecular formula is C21H23FN2O3. The third-order valence-electron chi connectivity index (χ3n) is 4.66. The van der Waals surface area contributed by atoms with Crippen LogP contribution in [0, 0.1) is 5.82 Å². The number of rotatable bonds is 7. The highest BCUT2D eigenvalue weighted by molar-refractivity contribution is 5.98. The van der Waals surface area contributed by atoms with Crippen LogP contribution in [-0.2, 0) is 33.8 Å². The summed E-state index contributed by atoms with van der Waals surface area (Å²) in [6.07, 6.45) is 0.627. The van der Waals surface area contributed by atoms with Gasteiger partial charge in [-0.25, -0.2) is 9.38 Å². The number of methoxy groups -OCH3 is 2. The zero-order valence-corrected chi connectivity index (χ0v) is 15.8. The molecule has 0 N–H and O–H groups in total. The lowest BCUT2D eigenvalue weighted by atomic mass is 9.94. The van der Waals surface area contributed by atoms with E-state index < -0.39 is 0 Å². The third kappa shape index (κ3) is 4.39. The molecule has 0 saturated carbocycles. The van der Waals surface area contributed by atoms with E-state index in [2.05, 4.69) is 9.98 Å². The molecule has 6 heteroatoms. The van der Waals surface area contributed by atoms with Crippen LogP contribution in [0.5, 0.6) is 0 Å². The maximum Gasteiger partial charge on any atom is 0.218 e. The van der Waals surface area contributed by atoms with Crippen LogP contribution in [-0.4, -0.2) is 30.9 Å². The molecule has 0 fully saturated rings. The van der Waals surface area contributed by atoms with E-state index >= 15 is 0 Å². The number of ketones is 1. The van der Waals surface area contributed by atoms with E-state index in [1.165, 1.54) is 12.1 Å². The minimum absolute atomic E-state index is 0.0226. The van der Waals surface area contributed by atoms with E-state index in [0.717, 1.165) is 22.4 Å². The average molecular weight is 370 g/mol. The summed E-state index contributed by atoms with van der Waals surface area (Å²) in [6.45, 7) is 2.82. The number of fused-ring (bicyclic) bond motifs is 1. The van der Waals surface area contributed by atoms with E-state index in [9.17, 15) is 9.18 Å². The molecule has 0 saturated heterocycles. The zero-order valence-electron chi connectivity index (χ0n) is 15.8. The van der Waals surface area contributed by atoms with E-state index in [1.807, 2.05) is 13.0 Å².